The van der Waals surface area contributed by atoms with Crippen LogP contribution in [-0.4, -0.2) is 39.6 Å². The second-order valence-corrected chi connectivity index (χ2v) is 8.79. The van der Waals surface area contributed by atoms with Gasteiger partial charge in [0.15, 0.2) is 0 Å². The van der Waals surface area contributed by atoms with E-state index in [4.69, 9.17) is 0 Å². The molecule has 2 aliphatic heterocycles. The maximum absolute atomic E-state index is 12.5. The van der Waals surface area contributed by atoms with Gasteiger partial charge >= 0.3 is 11.8 Å². The summed E-state index contributed by atoms with van der Waals surface area (Å²) in [6.07, 6.45) is 2.08. The molecule has 0 unspecified atom stereocenters. The van der Waals surface area contributed by atoms with E-state index in [0.717, 1.165) is 35.6 Å². The van der Waals surface area contributed by atoms with Gasteiger partial charge in [-0.05, 0) is 39.5 Å². The van der Waals surface area contributed by atoms with Crippen molar-refractivity contribution in [3.63, 3.8) is 0 Å². The Labute approximate surface area is 147 Å². The zero-order chi connectivity index (χ0) is 17.5. The number of carbonyl (C=O) groups excluding carboxylic acids is 2. The van der Waals surface area contributed by atoms with Gasteiger partial charge in [0.1, 0.15) is 5.82 Å². The largest absolute Gasteiger partial charge is 0.334 e. The summed E-state index contributed by atoms with van der Waals surface area (Å²) in [5.41, 5.74) is 1.83. The lowest BCUT2D eigenvalue weighted by Gasteiger charge is -2.30. The molecule has 1 aromatic rings. The number of fused-ring (bicyclic) bond motifs is 1. The van der Waals surface area contributed by atoms with Crippen molar-refractivity contribution in [2.24, 2.45) is 5.92 Å². The van der Waals surface area contributed by atoms with Crippen LogP contribution in [0.4, 0.5) is 5.82 Å². The van der Waals surface area contributed by atoms with Crippen LogP contribution in [0.15, 0.2) is 0 Å². The summed E-state index contributed by atoms with van der Waals surface area (Å²) < 4.78 is 1.85. The van der Waals surface area contributed by atoms with Crippen LogP contribution in [0.2, 0.25) is 0 Å². The number of nitrogens with one attached hydrogen (secondary N) is 1. The molecule has 7 heteroatoms. The smallest absolute Gasteiger partial charge is 0.315 e. The first-order chi connectivity index (χ1) is 11.3. The predicted molar refractivity (Wildman–Crippen MR) is 95.8 cm³/mol. The van der Waals surface area contributed by atoms with E-state index in [1.165, 1.54) is 0 Å². The average molecular weight is 350 g/mol. The second kappa shape index (κ2) is 6.43. The van der Waals surface area contributed by atoms with Crippen LogP contribution in [-0.2, 0) is 26.6 Å². The molecule has 1 saturated heterocycles. The maximum Gasteiger partial charge on any atom is 0.315 e. The third-order valence-electron chi connectivity index (χ3n) is 4.56. The van der Waals surface area contributed by atoms with E-state index >= 15 is 0 Å². The summed E-state index contributed by atoms with van der Waals surface area (Å²) in [4.78, 5) is 26.7. The Bertz CT molecular complexity index is 662. The van der Waals surface area contributed by atoms with Gasteiger partial charge in [-0.15, -0.1) is 0 Å². The standard InChI is InChI=1S/C17H26N4O2S/c1-11-6-5-7-20(8-11)16(23)15(22)18-14-12-9-24-10-13(12)19-21(14)17(2,3)4/h11H,5-10H2,1-4H3,(H,18,22)/t11-/m0/s1. The Hall–Kier alpha value is -1.50. The minimum absolute atomic E-state index is 0.250. The van der Waals surface area contributed by atoms with E-state index in [1.807, 2.05) is 25.5 Å². The molecule has 0 bridgehead atoms. The molecule has 3 rings (SSSR count). The number of aromatic nitrogens is 2. The monoisotopic (exact) mass is 350 g/mol. The van der Waals surface area contributed by atoms with Crippen molar-refractivity contribution >= 4 is 29.4 Å². The SMILES string of the molecule is C[C@H]1CCCN(C(=O)C(=O)Nc2c3c(nn2C(C)(C)C)CSC3)C1. The van der Waals surface area contributed by atoms with Crippen LogP contribution in [0.25, 0.3) is 0 Å². The highest BCUT2D eigenvalue weighted by atomic mass is 32.2. The molecule has 1 fully saturated rings. The van der Waals surface area contributed by atoms with Crippen LogP contribution < -0.4 is 5.32 Å². The van der Waals surface area contributed by atoms with E-state index in [9.17, 15) is 9.59 Å². The Balaban J connectivity index is 1.80. The number of likely N-dealkylation sites (tertiary alicyclic amines) is 1. The Morgan fingerprint density at radius 2 is 2.04 bits per heavy atom. The number of hydrogen-bond acceptors (Lipinski definition) is 4. The number of hydrogen-bond donors (Lipinski definition) is 1. The van der Waals surface area contributed by atoms with Gasteiger partial charge < -0.3 is 10.2 Å². The highest BCUT2D eigenvalue weighted by Gasteiger charge is 2.32. The lowest BCUT2D eigenvalue weighted by Crippen LogP contribution is -2.45. The van der Waals surface area contributed by atoms with E-state index in [1.54, 1.807) is 16.7 Å². The lowest BCUT2D eigenvalue weighted by molar-refractivity contribution is -0.144. The second-order valence-electron chi connectivity index (χ2n) is 7.80. The molecule has 1 aromatic heterocycles. The number of anilines is 1. The molecule has 0 spiro atoms. The molecule has 1 N–H and O–H groups in total. The quantitative estimate of drug-likeness (QED) is 0.791. The molecule has 6 nitrogen and oxygen atoms in total. The van der Waals surface area contributed by atoms with Gasteiger partial charge in [0.25, 0.3) is 0 Å². The van der Waals surface area contributed by atoms with Gasteiger partial charge in [-0.25, -0.2) is 4.68 Å². The van der Waals surface area contributed by atoms with Gasteiger partial charge in [-0.1, -0.05) is 6.92 Å². The van der Waals surface area contributed by atoms with E-state index in [-0.39, 0.29) is 5.54 Å². The van der Waals surface area contributed by atoms with Gasteiger partial charge in [-0.2, -0.15) is 16.9 Å². The normalized spacial score (nSPS) is 20.8. The highest BCUT2D eigenvalue weighted by Crippen LogP contribution is 2.37. The molecule has 24 heavy (non-hydrogen) atoms. The Kier molecular flexibility index (Phi) is 4.64. The van der Waals surface area contributed by atoms with Crippen molar-refractivity contribution in [1.29, 1.82) is 0 Å². The zero-order valence-corrected chi connectivity index (χ0v) is 15.7. The first-order valence-electron chi connectivity index (χ1n) is 8.56. The topological polar surface area (TPSA) is 67.2 Å². The van der Waals surface area contributed by atoms with Crippen LogP contribution in [0.1, 0.15) is 51.8 Å². The average Bonchev–Trinajstić information content (AvgIpc) is 3.08. The lowest BCUT2D eigenvalue weighted by atomic mass is 10.0. The molecule has 1 atom stereocenters. The van der Waals surface area contributed by atoms with Crippen molar-refractivity contribution in [2.45, 2.75) is 57.6 Å². The van der Waals surface area contributed by atoms with Crippen LogP contribution in [0.5, 0.6) is 0 Å². The summed E-state index contributed by atoms with van der Waals surface area (Å²) in [6, 6.07) is 0. The number of thioether (sulfide) groups is 1. The van der Waals surface area contributed by atoms with Gasteiger partial charge in [0, 0.05) is 30.2 Å². The van der Waals surface area contributed by atoms with Crippen molar-refractivity contribution in [1.82, 2.24) is 14.7 Å². The maximum atomic E-state index is 12.5. The van der Waals surface area contributed by atoms with Crippen LogP contribution >= 0.6 is 11.8 Å². The van der Waals surface area contributed by atoms with Gasteiger partial charge in [0.05, 0.1) is 11.2 Å². The number of carbonyl (C=O) groups is 2. The third-order valence-corrected chi connectivity index (χ3v) is 5.53. The number of piperidine rings is 1. The fourth-order valence-electron chi connectivity index (χ4n) is 3.31. The summed E-state index contributed by atoms with van der Waals surface area (Å²) >= 11 is 1.78. The Morgan fingerprint density at radius 3 is 2.71 bits per heavy atom. The van der Waals surface area contributed by atoms with Crippen molar-refractivity contribution < 1.29 is 9.59 Å². The first kappa shape index (κ1) is 17.3. The number of nitrogens with zero attached hydrogens (tertiary/aromatic N) is 3. The fourth-order valence-corrected chi connectivity index (χ4v) is 4.34. The molecule has 2 aliphatic rings. The summed E-state index contributed by atoms with van der Waals surface area (Å²) in [5.74, 6) is 1.86. The molecular weight excluding hydrogens is 324 g/mol. The van der Waals surface area contributed by atoms with Crippen molar-refractivity contribution in [2.75, 3.05) is 18.4 Å². The molecule has 3 heterocycles. The zero-order valence-electron chi connectivity index (χ0n) is 14.9. The van der Waals surface area contributed by atoms with Gasteiger partial charge in [0.2, 0.25) is 0 Å². The third kappa shape index (κ3) is 3.31. The van der Waals surface area contributed by atoms with Gasteiger partial charge in [-0.3, -0.25) is 9.59 Å². The highest BCUT2D eigenvalue weighted by molar-refractivity contribution is 7.98. The molecule has 132 valence electrons. The minimum atomic E-state index is -0.547. The van der Waals surface area contributed by atoms with E-state index in [2.05, 4.69) is 17.3 Å². The predicted octanol–water partition coefficient (Wildman–Crippen LogP) is 2.58. The first-order valence-corrected chi connectivity index (χ1v) is 9.72. The molecule has 0 radical (unpaired) electrons. The van der Waals surface area contributed by atoms with E-state index < -0.39 is 11.8 Å². The summed E-state index contributed by atoms with van der Waals surface area (Å²) in [5, 5.41) is 7.52. The fraction of sp³-hybridized carbons (Fsp3) is 0.706. The summed E-state index contributed by atoms with van der Waals surface area (Å²) in [7, 11) is 0. The number of rotatable bonds is 1. The summed E-state index contributed by atoms with van der Waals surface area (Å²) in [6.45, 7) is 9.60. The minimum Gasteiger partial charge on any atom is -0.334 e. The van der Waals surface area contributed by atoms with E-state index in [0.29, 0.717) is 24.8 Å². The molecule has 0 saturated carbocycles. The van der Waals surface area contributed by atoms with Crippen molar-refractivity contribution in [3.05, 3.63) is 11.3 Å². The molecule has 0 aliphatic carbocycles. The van der Waals surface area contributed by atoms with Crippen LogP contribution in [0.3, 0.4) is 0 Å². The molecule has 0 aromatic carbocycles. The van der Waals surface area contributed by atoms with Crippen molar-refractivity contribution in [3.8, 4) is 0 Å². The molecular formula is C17H26N4O2S. The Morgan fingerprint density at radius 1 is 1.29 bits per heavy atom. The van der Waals surface area contributed by atoms with Crippen LogP contribution in [0, 0.1) is 5.92 Å². The molecule has 2 amide bonds. The number of amides is 2.